The molecule has 1 aromatic heterocycles. The maximum atomic E-state index is 13.5. The number of rotatable bonds is 7. The van der Waals surface area contributed by atoms with Gasteiger partial charge in [0, 0.05) is 23.5 Å². The summed E-state index contributed by atoms with van der Waals surface area (Å²) < 4.78 is 16.1. The zero-order valence-electron chi connectivity index (χ0n) is 19.3. The van der Waals surface area contributed by atoms with Crippen LogP contribution in [0.5, 0.6) is 17.2 Å². The Morgan fingerprint density at radius 1 is 1.06 bits per heavy atom. The van der Waals surface area contributed by atoms with E-state index in [2.05, 4.69) is 5.32 Å². The third kappa shape index (κ3) is 4.51. The van der Waals surface area contributed by atoms with Crippen LogP contribution in [0.1, 0.15) is 31.9 Å². The molecule has 2 heterocycles. The van der Waals surface area contributed by atoms with Gasteiger partial charge in [-0.25, -0.2) is 4.79 Å². The number of ketones is 1. The standard InChI is InChI=1S/C25H27N3O5S/c1-31-18-11-16(12-19(32-2)23(18)33-3)22(29)21-17-9-10-28(14-20(17)34-24(21)26)25(30)27-13-15-7-5-4-6-8-15/h4-8,11-12H,9-10,13-14,26H2,1-3H3,(H,27,30). The molecule has 3 aromatic rings. The summed E-state index contributed by atoms with van der Waals surface area (Å²) in [6.07, 6.45) is 0.549. The van der Waals surface area contributed by atoms with Crippen molar-refractivity contribution in [1.29, 1.82) is 0 Å². The molecule has 9 heteroatoms. The summed E-state index contributed by atoms with van der Waals surface area (Å²) in [5.74, 6) is 0.999. The van der Waals surface area contributed by atoms with Crippen molar-refractivity contribution in [2.45, 2.75) is 19.5 Å². The quantitative estimate of drug-likeness (QED) is 0.497. The largest absolute Gasteiger partial charge is 0.493 e. The van der Waals surface area contributed by atoms with Crippen LogP contribution < -0.4 is 25.3 Å². The number of hydrogen-bond acceptors (Lipinski definition) is 7. The van der Waals surface area contributed by atoms with Gasteiger partial charge in [0.25, 0.3) is 0 Å². The number of benzene rings is 2. The van der Waals surface area contributed by atoms with Crippen molar-refractivity contribution >= 4 is 28.2 Å². The predicted molar refractivity (Wildman–Crippen MR) is 131 cm³/mol. The number of carbonyl (C=O) groups is 2. The topological polar surface area (TPSA) is 103 Å². The monoisotopic (exact) mass is 481 g/mol. The highest BCUT2D eigenvalue weighted by atomic mass is 32.1. The number of amides is 2. The summed E-state index contributed by atoms with van der Waals surface area (Å²) in [4.78, 5) is 28.9. The first-order chi connectivity index (χ1) is 16.5. The molecule has 34 heavy (non-hydrogen) atoms. The number of ether oxygens (including phenoxy) is 3. The summed E-state index contributed by atoms with van der Waals surface area (Å²) in [6, 6.07) is 12.9. The van der Waals surface area contributed by atoms with Crippen molar-refractivity contribution in [2.75, 3.05) is 33.6 Å². The van der Waals surface area contributed by atoms with E-state index in [1.807, 2.05) is 30.3 Å². The number of carbonyl (C=O) groups excluding carboxylic acids is 2. The van der Waals surface area contributed by atoms with Gasteiger partial charge in [0.05, 0.1) is 38.4 Å². The highest BCUT2D eigenvalue weighted by molar-refractivity contribution is 7.16. The van der Waals surface area contributed by atoms with E-state index in [0.29, 0.717) is 59.4 Å². The smallest absolute Gasteiger partial charge is 0.318 e. The zero-order valence-corrected chi connectivity index (χ0v) is 20.2. The van der Waals surface area contributed by atoms with Gasteiger partial charge in [-0.05, 0) is 29.7 Å². The van der Waals surface area contributed by atoms with Gasteiger partial charge in [-0.1, -0.05) is 30.3 Å². The Kier molecular flexibility index (Phi) is 6.93. The van der Waals surface area contributed by atoms with Gasteiger partial charge in [0.15, 0.2) is 17.3 Å². The van der Waals surface area contributed by atoms with Gasteiger partial charge in [-0.3, -0.25) is 4.79 Å². The van der Waals surface area contributed by atoms with Crippen LogP contribution in [0.3, 0.4) is 0 Å². The van der Waals surface area contributed by atoms with Crippen molar-refractivity contribution in [2.24, 2.45) is 0 Å². The first-order valence-electron chi connectivity index (χ1n) is 10.8. The molecular formula is C25H27N3O5S. The number of fused-ring (bicyclic) bond motifs is 1. The lowest BCUT2D eigenvalue weighted by Gasteiger charge is -2.27. The third-order valence-corrected chi connectivity index (χ3v) is 6.86. The predicted octanol–water partition coefficient (Wildman–Crippen LogP) is 3.86. The SMILES string of the molecule is COc1cc(C(=O)c2c(N)sc3c2CCN(C(=O)NCc2ccccc2)C3)cc(OC)c1OC. The number of nitrogens with two attached hydrogens (primary N) is 1. The number of hydrogen-bond donors (Lipinski definition) is 2. The van der Waals surface area contributed by atoms with E-state index in [4.69, 9.17) is 19.9 Å². The number of nitrogen functional groups attached to an aromatic ring is 1. The highest BCUT2D eigenvalue weighted by Gasteiger charge is 2.30. The molecule has 0 radical (unpaired) electrons. The van der Waals surface area contributed by atoms with E-state index in [1.165, 1.54) is 32.7 Å². The summed E-state index contributed by atoms with van der Waals surface area (Å²) in [7, 11) is 4.52. The Hall–Kier alpha value is -3.72. The Morgan fingerprint density at radius 3 is 2.35 bits per heavy atom. The molecular weight excluding hydrogens is 454 g/mol. The van der Waals surface area contributed by atoms with Crippen LogP contribution in [0, 0.1) is 0 Å². The van der Waals surface area contributed by atoms with E-state index >= 15 is 0 Å². The highest BCUT2D eigenvalue weighted by Crippen LogP contribution is 2.41. The Balaban J connectivity index is 1.54. The van der Waals surface area contributed by atoms with E-state index in [-0.39, 0.29) is 11.8 Å². The molecule has 0 aliphatic carbocycles. The maximum absolute atomic E-state index is 13.5. The molecule has 0 atom stereocenters. The fraction of sp³-hybridized carbons (Fsp3) is 0.280. The summed E-state index contributed by atoms with van der Waals surface area (Å²) in [5.41, 5.74) is 9.11. The number of thiophene rings is 1. The van der Waals surface area contributed by atoms with Crippen LogP contribution in [0.15, 0.2) is 42.5 Å². The van der Waals surface area contributed by atoms with Crippen LogP contribution >= 0.6 is 11.3 Å². The Bertz CT molecular complexity index is 1180. The molecule has 0 bridgehead atoms. The molecule has 0 saturated carbocycles. The molecule has 1 aliphatic rings. The molecule has 1 aliphatic heterocycles. The minimum Gasteiger partial charge on any atom is -0.493 e. The molecule has 0 spiro atoms. The molecule has 0 unspecified atom stereocenters. The van der Waals surface area contributed by atoms with Crippen LogP contribution in [0.25, 0.3) is 0 Å². The van der Waals surface area contributed by atoms with Crippen LogP contribution in [-0.4, -0.2) is 44.6 Å². The average Bonchev–Trinajstić information content (AvgIpc) is 3.21. The zero-order chi connectivity index (χ0) is 24.2. The fourth-order valence-electron chi connectivity index (χ4n) is 4.09. The van der Waals surface area contributed by atoms with Crippen molar-refractivity contribution in [3.8, 4) is 17.2 Å². The van der Waals surface area contributed by atoms with Crippen molar-refractivity contribution in [3.63, 3.8) is 0 Å². The van der Waals surface area contributed by atoms with E-state index < -0.39 is 0 Å². The van der Waals surface area contributed by atoms with E-state index in [0.717, 1.165) is 16.0 Å². The van der Waals surface area contributed by atoms with Crippen LogP contribution in [-0.2, 0) is 19.5 Å². The van der Waals surface area contributed by atoms with Gasteiger partial charge >= 0.3 is 6.03 Å². The molecule has 2 amide bonds. The van der Waals surface area contributed by atoms with Crippen LogP contribution in [0.4, 0.5) is 9.80 Å². The van der Waals surface area contributed by atoms with Gasteiger partial charge in [0.2, 0.25) is 5.75 Å². The van der Waals surface area contributed by atoms with E-state index in [9.17, 15) is 9.59 Å². The van der Waals surface area contributed by atoms with Crippen molar-refractivity contribution in [3.05, 3.63) is 69.6 Å². The molecule has 0 saturated heterocycles. The molecule has 178 valence electrons. The van der Waals surface area contributed by atoms with E-state index in [1.54, 1.807) is 17.0 Å². The molecule has 0 fully saturated rings. The summed E-state index contributed by atoms with van der Waals surface area (Å²) in [5, 5.41) is 3.40. The third-order valence-electron chi connectivity index (χ3n) is 5.81. The second-order valence-electron chi connectivity index (χ2n) is 7.80. The number of nitrogens with one attached hydrogen (secondary N) is 1. The first-order valence-corrected chi connectivity index (χ1v) is 11.6. The van der Waals surface area contributed by atoms with Crippen molar-refractivity contribution in [1.82, 2.24) is 10.2 Å². The number of nitrogens with zero attached hydrogens (tertiary/aromatic N) is 1. The van der Waals surface area contributed by atoms with Gasteiger partial charge in [-0.15, -0.1) is 11.3 Å². The second kappa shape index (κ2) is 10.0. The maximum Gasteiger partial charge on any atom is 0.318 e. The second-order valence-corrected chi connectivity index (χ2v) is 8.94. The molecule has 8 nitrogen and oxygen atoms in total. The molecule has 4 rings (SSSR count). The molecule has 2 aromatic carbocycles. The minimum absolute atomic E-state index is 0.140. The number of methoxy groups -OCH3 is 3. The van der Waals surface area contributed by atoms with Crippen LogP contribution in [0.2, 0.25) is 0 Å². The number of urea groups is 1. The average molecular weight is 482 g/mol. The normalized spacial score (nSPS) is 12.6. The van der Waals surface area contributed by atoms with Gasteiger partial charge in [0.1, 0.15) is 0 Å². The Morgan fingerprint density at radius 2 is 1.74 bits per heavy atom. The molecule has 3 N–H and O–H groups in total. The minimum atomic E-state index is -0.212. The lowest BCUT2D eigenvalue weighted by atomic mass is 9.96. The lowest BCUT2D eigenvalue weighted by molar-refractivity contribution is 0.103. The number of anilines is 1. The summed E-state index contributed by atoms with van der Waals surface area (Å²) in [6.45, 7) is 1.37. The summed E-state index contributed by atoms with van der Waals surface area (Å²) >= 11 is 1.35. The van der Waals surface area contributed by atoms with Crippen molar-refractivity contribution < 1.29 is 23.8 Å². The van der Waals surface area contributed by atoms with Gasteiger partial charge in [-0.2, -0.15) is 0 Å². The van der Waals surface area contributed by atoms with Gasteiger partial charge < -0.3 is 30.2 Å². The first kappa shape index (κ1) is 23.4. The Labute approximate surface area is 202 Å². The fourth-order valence-corrected chi connectivity index (χ4v) is 5.22. The lowest BCUT2D eigenvalue weighted by Crippen LogP contribution is -2.42.